The van der Waals surface area contributed by atoms with E-state index in [1.165, 1.54) is 30.6 Å². The number of methoxy groups -OCH3 is 2. The van der Waals surface area contributed by atoms with E-state index in [0.717, 1.165) is 12.8 Å². The molecule has 1 aromatic heterocycles. The van der Waals surface area contributed by atoms with Crippen molar-refractivity contribution in [2.24, 2.45) is 11.7 Å². The molecule has 2 fully saturated rings. The third-order valence-electron chi connectivity index (χ3n) is 6.36. The van der Waals surface area contributed by atoms with Crippen LogP contribution in [0.5, 0.6) is 0 Å². The molecule has 8 nitrogen and oxygen atoms in total. The summed E-state index contributed by atoms with van der Waals surface area (Å²) in [4.78, 5) is 28.5. The van der Waals surface area contributed by atoms with E-state index in [9.17, 15) is 18.4 Å². The highest BCUT2D eigenvalue weighted by Gasteiger charge is 2.59. The first-order valence-corrected chi connectivity index (χ1v) is 9.82. The lowest BCUT2D eigenvalue weighted by Crippen LogP contribution is -2.50. The van der Waals surface area contributed by atoms with Crippen molar-refractivity contribution in [1.82, 2.24) is 14.5 Å². The van der Waals surface area contributed by atoms with Gasteiger partial charge in [-0.2, -0.15) is 0 Å². The number of aromatic nitrogens is 2. The van der Waals surface area contributed by atoms with Gasteiger partial charge in [-0.1, -0.05) is 0 Å². The zero-order chi connectivity index (χ0) is 22.0. The van der Waals surface area contributed by atoms with Gasteiger partial charge in [-0.25, -0.2) is 18.0 Å². The molecule has 11 heteroatoms. The molecule has 2 aliphatic carbocycles. The van der Waals surface area contributed by atoms with E-state index in [0.29, 0.717) is 0 Å². The molecule has 4 unspecified atom stereocenters. The van der Waals surface area contributed by atoms with Gasteiger partial charge in [0.15, 0.2) is 0 Å². The van der Waals surface area contributed by atoms with Crippen molar-refractivity contribution in [2.75, 3.05) is 27.3 Å². The van der Waals surface area contributed by atoms with Gasteiger partial charge in [-0.05, 0) is 25.3 Å². The van der Waals surface area contributed by atoms with Gasteiger partial charge in [0.1, 0.15) is 18.2 Å². The summed E-state index contributed by atoms with van der Waals surface area (Å²) in [5, 5.41) is 0. The average Bonchev–Trinajstić information content (AvgIpc) is 3.47. The highest BCUT2D eigenvalue weighted by molar-refractivity contribution is 5.70. The van der Waals surface area contributed by atoms with Gasteiger partial charge in [0.2, 0.25) is 0 Å². The molecule has 1 aromatic rings. The number of aromatic amines is 1. The highest BCUT2D eigenvalue weighted by Crippen LogP contribution is 2.48. The van der Waals surface area contributed by atoms with Crippen molar-refractivity contribution >= 4 is 5.57 Å². The number of rotatable bonds is 5. The van der Waals surface area contributed by atoms with Gasteiger partial charge in [0.25, 0.3) is 11.5 Å². The molecule has 0 radical (unpaired) electrons. The van der Waals surface area contributed by atoms with Crippen molar-refractivity contribution in [1.29, 1.82) is 0 Å². The van der Waals surface area contributed by atoms with Crippen LogP contribution in [0, 0.1) is 5.92 Å². The molecule has 2 heterocycles. The minimum atomic E-state index is -3.20. The number of nitrogens with zero attached hydrogens (tertiary/aromatic N) is 2. The summed E-state index contributed by atoms with van der Waals surface area (Å²) >= 11 is 0. The van der Waals surface area contributed by atoms with Crippen molar-refractivity contribution in [3.63, 3.8) is 0 Å². The van der Waals surface area contributed by atoms with Crippen molar-refractivity contribution in [3.05, 3.63) is 37.9 Å². The first-order valence-electron chi connectivity index (χ1n) is 9.82. The Bertz CT molecular complexity index is 1000. The summed E-state index contributed by atoms with van der Waals surface area (Å²) in [6.07, 6.45) is -0.856. The molecule has 0 aromatic carbocycles. The summed E-state index contributed by atoms with van der Waals surface area (Å²) < 4.78 is 57.2. The van der Waals surface area contributed by atoms with Gasteiger partial charge in [-0.3, -0.25) is 19.2 Å². The molecule has 3 N–H and O–H groups in total. The quantitative estimate of drug-likeness (QED) is 0.727. The number of H-pyrrole nitrogens is 1. The van der Waals surface area contributed by atoms with Crippen LogP contribution >= 0.6 is 0 Å². The summed E-state index contributed by atoms with van der Waals surface area (Å²) in [6, 6.07) is -1.44. The number of fused-ring (bicyclic) bond motifs is 1. The summed E-state index contributed by atoms with van der Waals surface area (Å²) in [7, 11) is 2.56. The lowest BCUT2D eigenvalue weighted by atomic mass is 9.88. The van der Waals surface area contributed by atoms with Crippen LogP contribution in [0.2, 0.25) is 0 Å². The molecule has 0 amide bonds. The normalized spacial score (nSPS) is 31.3. The fraction of sp³-hybridized carbons (Fsp3) is 0.684. The van der Waals surface area contributed by atoms with Crippen LogP contribution in [0.15, 0.2) is 15.4 Å². The molecule has 0 spiro atoms. The van der Waals surface area contributed by atoms with Crippen LogP contribution < -0.4 is 17.0 Å². The fourth-order valence-corrected chi connectivity index (χ4v) is 4.82. The van der Waals surface area contributed by atoms with E-state index in [1.54, 1.807) is 0 Å². The zero-order valence-corrected chi connectivity index (χ0v) is 17.0. The van der Waals surface area contributed by atoms with Crippen molar-refractivity contribution in [2.45, 2.75) is 50.1 Å². The second-order valence-electron chi connectivity index (χ2n) is 8.10. The van der Waals surface area contributed by atoms with E-state index in [2.05, 4.69) is 4.98 Å². The van der Waals surface area contributed by atoms with Gasteiger partial charge in [0.05, 0.1) is 29.8 Å². The number of ether oxygens (including phenoxy) is 2. The van der Waals surface area contributed by atoms with Crippen LogP contribution in [0.3, 0.4) is 0 Å². The number of likely N-dealkylation sites (tertiary alicyclic amines) is 1. The Morgan fingerprint density at radius 1 is 1.23 bits per heavy atom. The molecule has 166 valence electrons. The Kier molecular flexibility index (Phi) is 5.20. The molecule has 1 aliphatic heterocycles. The molecule has 4 atom stereocenters. The van der Waals surface area contributed by atoms with Crippen molar-refractivity contribution < 1.29 is 22.6 Å². The smallest absolute Gasteiger partial charge is 0.328 e. The number of halogens is 3. The highest BCUT2D eigenvalue weighted by atomic mass is 19.3. The van der Waals surface area contributed by atoms with Crippen LogP contribution in [-0.2, 0) is 9.47 Å². The topological polar surface area (TPSA) is 103 Å². The summed E-state index contributed by atoms with van der Waals surface area (Å²) in [5.74, 6) is -5.30. The van der Waals surface area contributed by atoms with Crippen LogP contribution in [0.4, 0.5) is 13.2 Å². The Morgan fingerprint density at radius 2 is 1.90 bits per heavy atom. The number of allylic oxidation sites excluding steroid dienone is 1. The SMILES string of the molecule is COC1c2c(c(=O)[nH]c(=O)n2C2CC2)C(C)=C(F)C1N1CC(F)(F)C(CN)C1OC. The second kappa shape index (κ2) is 7.33. The molecular weight excluding hydrogens is 405 g/mol. The van der Waals surface area contributed by atoms with Gasteiger partial charge >= 0.3 is 5.69 Å². The minimum absolute atomic E-state index is 0.00619. The van der Waals surface area contributed by atoms with Gasteiger partial charge < -0.3 is 15.2 Å². The standard InChI is InChI=1S/C19H25F3N4O4/c1-8-11-13(26(9-4-5-9)18(28)24-16(11)27)15(29-2)14(12(8)20)25-7-19(21,22)10(6-23)17(25)30-3/h9-10,14-15,17H,4-7,23H2,1-3H3,(H,24,27,28). The van der Waals surface area contributed by atoms with Gasteiger partial charge in [-0.15, -0.1) is 0 Å². The largest absolute Gasteiger partial charge is 0.373 e. The van der Waals surface area contributed by atoms with E-state index < -0.39 is 53.8 Å². The monoisotopic (exact) mass is 430 g/mol. The average molecular weight is 430 g/mol. The molecule has 1 saturated heterocycles. The maximum atomic E-state index is 15.6. The van der Waals surface area contributed by atoms with Gasteiger partial charge in [0, 0.05) is 26.8 Å². The van der Waals surface area contributed by atoms with E-state index in [-0.39, 0.29) is 29.4 Å². The predicted molar refractivity (Wildman–Crippen MR) is 102 cm³/mol. The number of hydrogen-bond donors (Lipinski definition) is 2. The Balaban J connectivity index is 1.92. The third-order valence-corrected chi connectivity index (χ3v) is 6.36. The number of nitrogens with two attached hydrogens (primary N) is 1. The number of hydrogen-bond acceptors (Lipinski definition) is 6. The van der Waals surface area contributed by atoms with Crippen LogP contribution in [0.25, 0.3) is 5.57 Å². The molecular formula is C19H25F3N4O4. The maximum absolute atomic E-state index is 15.6. The van der Waals surface area contributed by atoms with Crippen LogP contribution in [0.1, 0.15) is 43.2 Å². The fourth-order valence-electron chi connectivity index (χ4n) is 4.82. The Labute approximate surface area is 170 Å². The predicted octanol–water partition coefficient (Wildman–Crippen LogP) is 1.14. The van der Waals surface area contributed by atoms with E-state index >= 15 is 4.39 Å². The first-order chi connectivity index (χ1) is 14.2. The van der Waals surface area contributed by atoms with E-state index in [4.69, 9.17) is 15.2 Å². The lowest BCUT2D eigenvalue weighted by Gasteiger charge is -2.40. The lowest BCUT2D eigenvalue weighted by molar-refractivity contribution is -0.0877. The molecule has 30 heavy (non-hydrogen) atoms. The number of nitrogens with one attached hydrogen (secondary N) is 1. The third kappa shape index (κ3) is 2.98. The summed E-state index contributed by atoms with van der Waals surface area (Å²) in [5.41, 5.74) is 4.44. The zero-order valence-electron chi connectivity index (χ0n) is 17.0. The van der Waals surface area contributed by atoms with Crippen LogP contribution in [-0.4, -0.2) is 60.0 Å². The molecule has 4 rings (SSSR count). The number of alkyl halides is 2. The first kappa shape index (κ1) is 21.3. The minimum Gasteiger partial charge on any atom is -0.373 e. The van der Waals surface area contributed by atoms with Crippen molar-refractivity contribution in [3.8, 4) is 0 Å². The summed E-state index contributed by atoms with van der Waals surface area (Å²) in [6.45, 7) is 0.269. The Morgan fingerprint density at radius 3 is 2.43 bits per heavy atom. The molecule has 3 aliphatic rings. The molecule has 1 saturated carbocycles. The molecule has 0 bridgehead atoms. The Hall–Kier alpha value is -1.95. The van der Waals surface area contributed by atoms with E-state index in [1.807, 2.05) is 0 Å². The second-order valence-corrected chi connectivity index (χ2v) is 8.10. The maximum Gasteiger partial charge on any atom is 0.328 e.